The molecule has 1 aromatic carbocycles. The van der Waals surface area contributed by atoms with Crippen molar-refractivity contribution in [3.05, 3.63) is 29.8 Å². The predicted octanol–water partition coefficient (Wildman–Crippen LogP) is 4.12. The topological polar surface area (TPSA) is 66.5 Å². The smallest absolute Gasteiger partial charge is 0.240 e. The van der Waals surface area contributed by atoms with E-state index in [0.29, 0.717) is 36.7 Å². The van der Waals surface area contributed by atoms with Crippen molar-refractivity contribution in [1.82, 2.24) is 9.62 Å². The van der Waals surface area contributed by atoms with E-state index in [1.807, 2.05) is 17.0 Å². The number of nitrogens with zero attached hydrogens (tertiary/aromatic N) is 1. The van der Waals surface area contributed by atoms with Gasteiger partial charge in [-0.25, -0.2) is 13.1 Å². The summed E-state index contributed by atoms with van der Waals surface area (Å²) in [5.41, 5.74) is 1.40. The highest BCUT2D eigenvalue weighted by atomic mass is 32.2. The predicted molar refractivity (Wildman–Crippen MR) is 121 cm³/mol. The molecule has 0 aromatic heterocycles. The fraction of sp³-hybridized carbons (Fsp3) is 0.720. The van der Waals surface area contributed by atoms with Crippen LogP contribution in [0.15, 0.2) is 29.2 Å². The number of hydrogen-bond acceptors (Lipinski definition) is 3. The molecular formula is C25H36N2O3S. The first kappa shape index (κ1) is 21.4. The first-order valence-electron chi connectivity index (χ1n) is 12.2. The number of hydrogen-bond donors (Lipinski definition) is 1. The van der Waals surface area contributed by atoms with Gasteiger partial charge >= 0.3 is 0 Å². The summed E-state index contributed by atoms with van der Waals surface area (Å²) in [4.78, 5) is 15.5. The number of piperidine rings is 1. The van der Waals surface area contributed by atoms with Crippen LogP contribution in [0.2, 0.25) is 0 Å². The van der Waals surface area contributed by atoms with E-state index in [4.69, 9.17) is 0 Å². The number of amides is 1. The summed E-state index contributed by atoms with van der Waals surface area (Å²) in [6.07, 6.45) is 11.0. The Labute approximate surface area is 187 Å². The number of carbonyl (C=O) groups is 1. The lowest BCUT2D eigenvalue weighted by molar-refractivity contribution is -0.140. The van der Waals surface area contributed by atoms with Gasteiger partial charge in [-0.2, -0.15) is 0 Å². The van der Waals surface area contributed by atoms with E-state index in [1.54, 1.807) is 12.1 Å². The standard InChI is InChI=1S/C25H36N2O3S/c1-2-18-3-5-23(6-4-18)31(29,30)26-22-7-9-27(10-8-22)24(28)17-25-14-19-11-20(15-25)13-21(12-19)16-25/h3-6,19-22,26H,2,7-17H2,1H3. The molecule has 0 radical (unpaired) electrons. The highest BCUT2D eigenvalue weighted by molar-refractivity contribution is 7.89. The van der Waals surface area contributed by atoms with E-state index in [-0.39, 0.29) is 11.5 Å². The number of benzene rings is 1. The van der Waals surface area contributed by atoms with E-state index in [0.717, 1.165) is 36.2 Å². The molecule has 1 heterocycles. The zero-order chi connectivity index (χ0) is 21.6. The van der Waals surface area contributed by atoms with Gasteiger partial charge in [-0.3, -0.25) is 4.79 Å². The Morgan fingerprint density at radius 1 is 1.00 bits per heavy atom. The van der Waals surface area contributed by atoms with Crippen LogP contribution >= 0.6 is 0 Å². The van der Waals surface area contributed by atoms with Crippen molar-refractivity contribution >= 4 is 15.9 Å². The lowest BCUT2D eigenvalue weighted by atomic mass is 9.49. The molecule has 4 aliphatic carbocycles. The summed E-state index contributed by atoms with van der Waals surface area (Å²) in [6.45, 7) is 3.38. The molecule has 4 saturated carbocycles. The van der Waals surface area contributed by atoms with Crippen LogP contribution in [0.1, 0.15) is 70.3 Å². The van der Waals surface area contributed by atoms with Gasteiger partial charge in [0.15, 0.2) is 0 Å². The molecule has 4 bridgehead atoms. The molecule has 1 saturated heterocycles. The van der Waals surface area contributed by atoms with Gasteiger partial charge in [0, 0.05) is 25.6 Å². The SMILES string of the molecule is CCc1ccc(S(=O)(=O)NC2CCN(C(=O)CC34CC5CC(CC(C5)C3)C4)CC2)cc1. The molecule has 5 fully saturated rings. The number of sulfonamides is 1. The summed E-state index contributed by atoms with van der Waals surface area (Å²) >= 11 is 0. The number of likely N-dealkylation sites (tertiary alicyclic amines) is 1. The van der Waals surface area contributed by atoms with E-state index in [9.17, 15) is 13.2 Å². The van der Waals surface area contributed by atoms with Gasteiger partial charge in [-0.15, -0.1) is 0 Å². The van der Waals surface area contributed by atoms with Gasteiger partial charge in [0.2, 0.25) is 15.9 Å². The molecule has 1 amide bonds. The fourth-order valence-corrected chi connectivity index (χ4v) is 8.68. The van der Waals surface area contributed by atoms with Crippen LogP contribution in [0, 0.1) is 23.2 Å². The lowest BCUT2D eigenvalue weighted by Gasteiger charge is -2.57. The zero-order valence-electron chi connectivity index (χ0n) is 18.7. The molecule has 0 unspecified atom stereocenters. The Morgan fingerprint density at radius 3 is 2.06 bits per heavy atom. The van der Waals surface area contributed by atoms with Crippen molar-refractivity contribution in [3.8, 4) is 0 Å². The summed E-state index contributed by atoms with van der Waals surface area (Å²) in [6, 6.07) is 7.02. The van der Waals surface area contributed by atoms with Crippen molar-refractivity contribution in [2.75, 3.05) is 13.1 Å². The average Bonchev–Trinajstić information content (AvgIpc) is 2.72. The molecule has 170 valence electrons. The molecule has 1 N–H and O–H groups in total. The number of aryl methyl sites for hydroxylation is 1. The third kappa shape index (κ3) is 4.43. The fourth-order valence-electron chi connectivity index (χ4n) is 7.38. The van der Waals surface area contributed by atoms with Crippen molar-refractivity contribution < 1.29 is 13.2 Å². The van der Waals surface area contributed by atoms with Crippen LogP contribution in [0.3, 0.4) is 0 Å². The number of carbonyl (C=O) groups excluding carboxylic acids is 1. The second-order valence-electron chi connectivity index (χ2n) is 10.9. The van der Waals surface area contributed by atoms with Crippen LogP contribution in [0.25, 0.3) is 0 Å². The summed E-state index contributed by atoms with van der Waals surface area (Å²) in [5.74, 6) is 2.90. The highest BCUT2D eigenvalue weighted by Gasteiger charge is 2.51. The molecule has 6 heteroatoms. The van der Waals surface area contributed by atoms with Crippen LogP contribution in [0.5, 0.6) is 0 Å². The maximum atomic E-state index is 13.1. The molecule has 0 spiro atoms. The van der Waals surface area contributed by atoms with Crippen LogP contribution in [-0.4, -0.2) is 38.4 Å². The van der Waals surface area contributed by atoms with Crippen LogP contribution < -0.4 is 4.72 Å². The number of rotatable bonds is 6. The molecule has 1 aromatic rings. The van der Waals surface area contributed by atoms with Crippen molar-refractivity contribution in [3.63, 3.8) is 0 Å². The van der Waals surface area contributed by atoms with Gasteiger partial charge in [0.05, 0.1) is 4.90 Å². The molecular weight excluding hydrogens is 408 g/mol. The minimum atomic E-state index is -3.51. The minimum Gasteiger partial charge on any atom is -0.343 e. The average molecular weight is 445 g/mol. The minimum absolute atomic E-state index is 0.0977. The van der Waals surface area contributed by atoms with E-state index >= 15 is 0 Å². The monoisotopic (exact) mass is 444 g/mol. The van der Waals surface area contributed by atoms with Crippen molar-refractivity contribution in [2.24, 2.45) is 23.2 Å². The Balaban J connectivity index is 1.15. The van der Waals surface area contributed by atoms with Crippen molar-refractivity contribution in [2.45, 2.75) is 82.1 Å². The summed E-state index contributed by atoms with van der Waals surface area (Å²) in [5, 5.41) is 0. The van der Waals surface area contributed by atoms with Crippen LogP contribution in [-0.2, 0) is 21.2 Å². The Hall–Kier alpha value is -1.40. The first-order chi connectivity index (χ1) is 14.8. The van der Waals surface area contributed by atoms with Gasteiger partial charge in [0.1, 0.15) is 0 Å². The zero-order valence-corrected chi connectivity index (χ0v) is 19.5. The molecule has 5 nitrogen and oxygen atoms in total. The molecule has 0 atom stereocenters. The van der Waals surface area contributed by atoms with Gasteiger partial charge in [-0.1, -0.05) is 19.1 Å². The largest absolute Gasteiger partial charge is 0.343 e. The Bertz CT molecular complexity index is 881. The molecule has 31 heavy (non-hydrogen) atoms. The third-order valence-corrected chi connectivity index (χ3v) is 10.0. The molecule has 1 aliphatic heterocycles. The van der Waals surface area contributed by atoms with Gasteiger partial charge < -0.3 is 4.90 Å². The normalized spacial score (nSPS) is 33.1. The highest BCUT2D eigenvalue weighted by Crippen LogP contribution is 2.61. The van der Waals surface area contributed by atoms with Crippen molar-refractivity contribution in [1.29, 1.82) is 0 Å². The van der Waals surface area contributed by atoms with E-state index in [2.05, 4.69) is 11.6 Å². The number of nitrogens with one attached hydrogen (secondary N) is 1. The van der Waals surface area contributed by atoms with Crippen LogP contribution in [0.4, 0.5) is 0 Å². The third-order valence-electron chi connectivity index (χ3n) is 8.50. The van der Waals surface area contributed by atoms with E-state index in [1.165, 1.54) is 38.5 Å². The maximum absolute atomic E-state index is 13.1. The first-order valence-corrected chi connectivity index (χ1v) is 13.7. The summed E-state index contributed by atoms with van der Waals surface area (Å²) in [7, 11) is -3.51. The Morgan fingerprint density at radius 2 is 1.55 bits per heavy atom. The lowest BCUT2D eigenvalue weighted by Crippen LogP contribution is -2.50. The maximum Gasteiger partial charge on any atom is 0.240 e. The van der Waals surface area contributed by atoms with Gasteiger partial charge in [-0.05, 0) is 98.7 Å². The molecule has 6 rings (SSSR count). The van der Waals surface area contributed by atoms with Gasteiger partial charge in [0.25, 0.3) is 0 Å². The Kier molecular flexibility index (Phi) is 5.66. The second-order valence-corrected chi connectivity index (χ2v) is 12.6. The molecule has 5 aliphatic rings. The quantitative estimate of drug-likeness (QED) is 0.718. The summed E-state index contributed by atoms with van der Waals surface area (Å²) < 4.78 is 28.3. The second kappa shape index (κ2) is 8.18. The van der Waals surface area contributed by atoms with E-state index < -0.39 is 10.0 Å².